The first-order valence-electron chi connectivity index (χ1n) is 9.34. The Balaban J connectivity index is 1.79. The smallest absolute Gasteiger partial charge is 0.227 e. The quantitative estimate of drug-likeness (QED) is 0.886. The van der Waals surface area contributed by atoms with Crippen LogP contribution in [0, 0.1) is 0 Å². The number of hydrogen-bond acceptors (Lipinski definition) is 2. The number of benzene rings is 2. The molecule has 0 bridgehead atoms. The van der Waals surface area contributed by atoms with Gasteiger partial charge < -0.3 is 10.2 Å². The van der Waals surface area contributed by atoms with E-state index in [0.717, 1.165) is 29.7 Å². The molecule has 1 N–H and O–H groups in total. The molecule has 26 heavy (non-hydrogen) atoms. The summed E-state index contributed by atoms with van der Waals surface area (Å²) in [5.74, 6) is 0.165. The van der Waals surface area contributed by atoms with Crippen LogP contribution in [0.5, 0.6) is 0 Å². The maximum atomic E-state index is 12.6. The maximum absolute atomic E-state index is 12.6. The molecule has 2 unspecified atom stereocenters. The summed E-state index contributed by atoms with van der Waals surface area (Å²) < 4.78 is 0. The van der Waals surface area contributed by atoms with Crippen LogP contribution in [0.25, 0.3) is 0 Å². The van der Waals surface area contributed by atoms with Gasteiger partial charge in [-0.05, 0) is 37.0 Å². The third-order valence-corrected chi connectivity index (χ3v) is 4.86. The van der Waals surface area contributed by atoms with E-state index in [0.29, 0.717) is 12.8 Å². The van der Waals surface area contributed by atoms with Crippen molar-refractivity contribution in [1.82, 2.24) is 5.32 Å². The zero-order chi connectivity index (χ0) is 18.5. The molecule has 4 nitrogen and oxygen atoms in total. The van der Waals surface area contributed by atoms with E-state index >= 15 is 0 Å². The average molecular weight is 350 g/mol. The van der Waals surface area contributed by atoms with Gasteiger partial charge in [0, 0.05) is 18.2 Å². The van der Waals surface area contributed by atoms with Crippen molar-refractivity contribution in [2.45, 2.75) is 51.6 Å². The number of rotatable bonds is 5. The molecule has 0 spiro atoms. The van der Waals surface area contributed by atoms with Gasteiger partial charge in [-0.25, -0.2) is 0 Å². The van der Waals surface area contributed by atoms with Gasteiger partial charge in [0.1, 0.15) is 0 Å². The monoisotopic (exact) mass is 350 g/mol. The van der Waals surface area contributed by atoms with Crippen LogP contribution in [0.3, 0.4) is 0 Å². The minimum atomic E-state index is -0.0666. The van der Waals surface area contributed by atoms with Crippen LogP contribution in [0.2, 0.25) is 0 Å². The molecule has 2 aromatic rings. The topological polar surface area (TPSA) is 49.4 Å². The summed E-state index contributed by atoms with van der Waals surface area (Å²) >= 11 is 0. The van der Waals surface area contributed by atoms with E-state index in [9.17, 15) is 9.59 Å². The van der Waals surface area contributed by atoms with Crippen LogP contribution >= 0.6 is 0 Å². The first kappa shape index (κ1) is 18.2. The van der Waals surface area contributed by atoms with Gasteiger partial charge in [0.05, 0.1) is 12.5 Å². The zero-order valence-corrected chi connectivity index (χ0v) is 15.4. The molecule has 136 valence electrons. The molecule has 3 rings (SSSR count). The van der Waals surface area contributed by atoms with Crippen molar-refractivity contribution >= 4 is 17.5 Å². The molecule has 2 atom stereocenters. The van der Waals surface area contributed by atoms with Gasteiger partial charge >= 0.3 is 0 Å². The Morgan fingerprint density at radius 1 is 1.08 bits per heavy atom. The van der Waals surface area contributed by atoms with E-state index in [2.05, 4.69) is 12.2 Å². The van der Waals surface area contributed by atoms with Crippen LogP contribution in [-0.2, 0) is 16.0 Å². The lowest BCUT2D eigenvalue weighted by atomic mass is 9.91. The van der Waals surface area contributed by atoms with Gasteiger partial charge in [0.25, 0.3) is 0 Å². The second kappa shape index (κ2) is 8.17. The summed E-state index contributed by atoms with van der Waals surface area (Å²) in [6.45, 7) is 4.07. The summed E-state index contributed by atoms with van der Waals surface area (Å²) in [7, 11) is 0. The molecule has 0 saturated carbocycles. The molecule has 4 heteroatoms. The number of carbonyl (C=O) groups excluding carboxylic acids is 2. The fourth-order valence-electron chi connectivity index (χ4n) is 3.69. The first-order chi connectivity index (χ1) is 12.6. The summed E-state index contributed by atoms with van der Waals surface area (Å²) in [6.07, 6.45) is 2.48. The largest absolute Gasteiger partial charge is 0.349 e. The third-order valence-electron chi connectivity index (χ3n) is 4.86. The van der Waals surface area contributed by atoms with Crippen LogP contribution in [0.4, 0.5) is 5.69 Å². The van der Waals surface area contributed by atoms with Crippen molar-refractivity contribution in [2.75, 3.05) is 4.90 Å². The normalized spacial score (nSPS) is 18.9. The van der Waals surface area contributed by atoms with E-state index < -0.39 is 0 Å². The van der Waals surface area contributed by atoms with E-state index in [-0.39, 0.29) is 23.9 Å². The number of nitrogens with one attached hydrogen (secondary N) is 1. The van der Waals surface area contributed by atoms with Crippen molar-refractivity contribution in [3.05, 3.63) is 65.7 Å². The molecule has 2 amide bonds. The van der Waals surface area contributed by atoms with Crippen LogP contribution in [-0.4, -0.2) is 17.9 Å². The highest BCUT2D eigenvalue weighted by Crippen LogP contribution is 2.37. The Labute approximate surface area is 155 Å². The molecule has 0 fully saturated rings. The zero-order valence-electron chi connectivity index (χ0n) is 15.4. The van der Waals surface area contributed by atoms with Crippen LogP contribution < -0.4 is 10.2 Å². The van der Waals surface area contributed by atoms with E-state index in [1.807, 2.05) is 66.4 Å². The molecule has 2 aromatic carbocycles. The molecule has 1 heterocycles. The molecule has 0 saturated heterocycles. The number of carbonyl (C=O) groups is 2. The lowest BCUT2D eigenvalue weighted by Crippen LogP contribution is -2.46. The number of para-hydroxylation sites is 1. The van der Waals surface area contributed by atoms with E-state index in [1.54, 1.807) is 0 Å². The number of amides is 2. The second-order valence-electron chi connectivity index (χ2n) is 6.94. The molecule has 0 aliphatic carbocycles. The predicted octanol–water partition coefficient (Wildman–Crippen LogP) is 4.01. The van der Waals surface area contributed by atoms with Gasteiger partial charge in [0.15, 0.2) is 0 Å². The number of nitrogens with zero attached hydrogens (tertiary/aromatic N) is 1. The van der Waals surface area contributed by atoms with Gasteiger partial charge in [-0.15, -0.1) is 0 Å². The summed E-state index contributed by atoms with van der Waals surface area (Å²) in [4.78, 5) is 27.0. The Morgan fingerprint density at radius 3 is 2.50 bits per heavy atom. The lowest BCUT2D eigenvalue weighted by molar-refractivity contribution is -0.121. The van der Waals surface area contributed by atoms with Gasteiger partial charge in [-0.2, -0.15) is 0 Å². The standard InChI is InChI=1S/C22H26N2O2/c1-3-9-22(26)24-16(2)14-19(18-12-7-8-13-20(18)24)23-21(25)15-17-10-5-4-6-11-17/h4-8,10-13,16,19H,3,9,14-15H2,1-2H3,(H,23,25). The summed E-state index contributed by atoms with van der Waals surface area (Å²) in [6, 6.07) is 17.7. The molecular weight excluding hydrogens is 324 g/mol. The molecule has 0 radical (unpaired) electrons. The fraction of sp³-hybridized carbons (Fsp3) is 0.364. The molecule has 0 aromatic heterocycles. The Bertz CT molecular complexity index is 773. The van der Waals surface area contributed by atoms with Crippen LogP contribution in [0.15, 0.2) is 54.6 Å². The minimum Gasteiger partial charge on any atom is -0.349 e. The lowest BCUT2D eigenvalue weighted by Gasteiger charge is -2.39. The number of anilines is 1. The highest BCUT2D eigenvalue weighted by atomic mass is 16.2. The maximum Gasteiger partial charge on any atom is 0.227 e. The number of hydrogen-bond donors (Lipinski definition) is 1. The van der Waals surface area contributed by atoms with Crippen molar-refractivity contribution in [3.8, 4) is 0 Å². The van der Waals surface area contributed by atoms with E-state index in [4.69, 9.17) is 0 Å². The molecular formula is C22H26N2O2. The third kappa shape index (κ3) is 3.96. The fourth-order valence-corrected chi connectivity index (χ4v) is 3.69. The minimum absolute atomic E-state index is 0.0107. The van der Waals surface area contributed by atoms with Gasteiger partial charge in [0.2, 0.25) is 11.8 Å². The summed E-state index contributed by atoms with van der Waals surface area (Å²) in [5, 5.41) is 3.17. The Hall–Kier alpha value is -2.62. The second-order valence-corrected chi connectivity index (χ2v) is 6.94. The molecule has 1 aliphatic rings. The first-order valence-corrected chi connectivity index (χ1v) is 9.34. The van der Waals surface area contributed by atoms with Crippen molar-refractivity contribution in [1.29, 1.82) is 0 Å². The average Bonchev–Trinajstić information content (AvgIpc) is 2.62. The number of fused-ring (bicyclic) bond motifs is 1. The molecule has 1 aliphatic heterocycles. The Kier molecular flexibility index (Phi) is 5.71. The van der Waals surface area contributed by atoms with E-state index in [1.165, 1.54) is 0 Å². The SMILES string of the molecule is CCCC(=O)N1c2ccccc2C(NC(=O)Cc2ccccc2)CC1C. The summed E-state index contributed by atoms with van der Waals surface area (Å²) in [5.41, 5.74) is 2.95. The van der Waals surface area contributed by atoms with Crippen molar-refractivity contribution in [3.63, 3.8) is 0 Å². The Morgan fingerprint density at radius 2 is 1.77 bits per heavy atom. The predicted molar refractivity (Wildman–Crippen MR) is 104 cm³/mol. The van der Waals surface area contributed by atoms with Gasteiger partial charge in [-0.1, -0.05) is 55.5 Å². The highest BCUT2D eigenvalue weighted by Gasteiger charge is 2.33. The van der Waals surface area contributed by atoms with Crippen molar-refractivity contribution < 1.29 is 9.59 Å². The van der Waals surface area contributed by atoms with Crippen LogP contribution in [0.1, 0.15) is 50.3 Å². The highest BCUT2D eigenvalue weighted by molar-refractivity contribution is 5.95. The van der Waals surface area contributed by atoms with Gasteiger partial charge in [-0.3, -0.25) is 9.59 Å². The van der Waals surface area contributed by atoms with Crippen molar-refractivity contribution in [2.24, 2.45) is 0 Å².